The van der Waals surface area contributed by atoms with Gasteiger partial charge in [-0.05, 0) is 54.7 Å². The lowest BCUT2D eigenvalue weighted by Gasteiger charge is -2.31. The van der Waals surface area contributed by atoms with Gasteiger partial charge < -0.3 is 35.0 Å². The summed E-state index contributed by atoms with van der Waals surface area (Å²) in [6.45, 7) is 5.51. The third kappa shape index (κ3) is 9.15. The number of urea groups is 1. The molecule has 240 valence electrons. The Balaban J connectivity index is 1.40. The highest BCUT2D eigenvalue weighted by Crippen LogP contribution is 2.35. The summed E-state index contributed by atoms with van der Waals surface area (Å²) in [7, 11) is 3.09. The van der Waals surface area contributed by atoms with Gasteiger partial charge in [-0.3, -0.25) is 9.59 Å². The molecule has 4 amide bonds. The van der Waals surface area contributed by atoms with Crippen molar-refractivity contribution in [2.75, 3.05) is 33.2 Å². The number of aliphatic hydroxyl groups is 1. The van der Waals surface area contributed by atoms with E-state index >= 15 is 0 Å². The number of methoxy groups -OCH3 is 2. The van der Waals surface area contributed by atoms with Crippen LogP contribution < -0.4 is 20.1 Å². The number of benzene rings is 3. The maximum atomic E-state index is 13.6. The first kappa shape index (κ1) is 33.7. The molecule has 0 aliphatic carbocycles. The van der Waals surface area contributed by atoms with Crippen molar-refractivity contribution in [3.63, 3.8) is 0 Å². The van der Waals surface area contributed by atoms with E-state index in [1.54, 1.807) is 47.9 Å². The SMILES string of the molecule is COc1ccc(CNC(=O)NC(Cc2ccccc2)C(O)C(=O)N2CSC(C)(CN(C=O)Cc3ccccc3C)C2)cc1OC. The van der Waals surface area contributed by atoms with Crippen molar-refractivity contribution in [3.8, 4) is 11.5 Å². The summed E-state index contributed by atoms with van der Waals surface area (Å²) in [6.07, 6.45) is -0.377. The summed E-state index contributed by atoms with van der Waals surface area (Å²) >= 11 is 1.57. The number of aliphatic hydroxyl groups excluding tert-OH is 1. The highest BCUT2D eigenvalue weighted by atomic mass is 32.2. The van der Waals surface area contributed by atoms with Gasteiger partial charge in [-0.1, -0.05) is 60.7 Å². The van der Waals surface area contributed by atoms with E-state index in [0.29, 0.717) is 37.0 Å². The first-order valence-corrected chi connectivity index (χ1v) is 15.8. The summed E-state index contributed by atoms with van der Waals surface area (Å²) in [5, 5.41) is 17.0. The maximum Gasteiger partial charge on any atom is 0.315 e. The van der Waals surface area contributed by atoms with Crippen LogP contribution in [0.25, 0.3) is 0 Å². The van der Waals surface area contributed by atoms with Crippen LogP contribution in [0.2, 0.25) is 0 Å². The fourth-order valence-electron chi connectivity index (χ4n) is 5.39. The van der Waals surface area contributed by atoms with E-state index in [4.69, 9.17) is 9.47 Å². The standard InChI is InChI=1S/C34H42N4O6S/c1-24-10-8-9-13-27(24)19-37(22-39)20-34(2)21-38(23-45-34)32(41)31(40)28(16-25-11-6-5-7-12-25)36-33(42)35-18-26-14-15-29(43-3)30(17-26)44-4/h5-15,17,22,28,31,40H,16,18-21,23H2,1-4H3,(H2,35,36,42). The van der Waals surface area contributed by atoms with Gasteiger partial charge in [0.2, 0.25) is 6.41 Å². The third-order valence-electron chi connectivity index (χ3n) is 7.88. The first-order valence-electron chi connectivity index (χ1n) is 14.8. The maximum absolute atomic E-state index is 13.6. The highest BCUT2D eigenvalue weighted by molar-refractivity contribution is 8.00. The van der Waals surface area contributed by atoms with E-state index in [9.17, 15) is 19.5 Å². The topological polar surface area (TPSA) is 120 Å². The lowest BCUT2D eigenvalue weighted by atomic mass is 10.00. The molecule has 3 aromatic carbocycles. The molecule has 1 saturated heterocycles. The van der Waals surface area contributed by atoms with Gasteiger partial charge in [0.15, 0.2) is 17.6 Å². The molecule has 1 aliphatic rings. The molecule has 4 rings (SSSR count). The van der Waals surface area contributed by atoms with Gasteiger partial charge in [0.1, 0.15) is 0 Å². The van der Waals surface area contributed by atoms with E-state index < -0.39 is 28.8 Å². The Labute approximate surface area is 269 Å². The number of nitrogens with one attached hydrogen (secondary N) is 2. The van der Waals surface area contributed by atoms with E-state index in [0.717, 1.165) is 28.7 Å². The average Bonchev–Trinajstić information content (AvgIpc) is 3.45. The van der Waals surface area contributed by atoms with Crippen molar-refractivity contribution in [1.82, 2.24) is 20.4 Å². The number of amides is 4. The van der Waals surface area contributed by atoms with Gasteiger partial charge in [-0.25, -0.2) is 4.79 Å². The number of hydrogen-bond acceptors (Lipinski definition) is 7. The molecule has 3 atom stereocenters. The van der Waals surface area contributed by atoms with Crippen LogP contribution in [0.4, 0.5) is 4.79 Å². The van der Waals surface area contributed by atoms with E-state index in [-0.39, 0.29) is 13.0 Å². The molecular formula is C34H42N4O6S. The number of hydrogen-bond donors (Lipinski definition) is 3. The van der Waals surface area contributed by atoms with Crippen molar-refractivity contribution in [3.05, 3.63) is 95.1 Å². The number of nitrogens with zero attached hydrogens (tertiary/aromatic N) is 2. The molecular weight excluding hydrogens is 592 g/mol. The Hall–Kier alpha value is -4.22. The summed E-state index contributed by atoms with van der Waals surface area (Å²) in [6, 6.07) is 21.3. The monoisotopic (exact) mass is 634 g/mol. The zero-order valence-electron chi connectivity index (χ0n) is 26.2. The predicted molar refractivity (Wildman–Crippen MR) is 175 cm³/mol. The zero-order valence-corrected chi connectivity index (χ0v) is 27.0. The molecule has 0 aromatic heterocycles. The van der Waals surface area contributed by atoms with Gasteiger partial charge in [-0.15, -0.1) is 11.8 Å². The van der Waals surface area contributed by atoms with Crippen LogP contribution in [0.15, 0.2) is 72.8 Å². The van der Waals surface area contributed by atoms with Crippen LogP contribution in [0.3, 0.4) is 0 Å². The Morgan fingerprint density at radius 3 is 2.44 bits per heavy atom. The first-order chi connectivity index (χ1) is 21.6. The van der Waals surface area contributed by atoms with Crippen LogP contribution in [0.5, 0.6) is 11.5 Å². The number of aryl methyl sites for hydroxylation is 1. The Bertz CT molecular complexity index is 1460. The van der Waals surface area contributed by atoms with Crippen LogP contribution >= 0.6 is 11.8 Å². The van der Waals surface area contributed by atoms with Gasteiger partial charge in [0.05, 0.1) is 30.9 Å². The van der Waals surface area contributed by atoms with E-state index in [1.165, 1.54) is 0 Å². The molecule has 1 aliphatic heterocycles. The smallest absolute Gasteiger partial charge is 0.315 e. The summed E-state index contributed by atoms with van der Waals surface area (Å²) in [4.78, 5) is 42.0. The largest absolute Gasteiger partial charge is 0.493 e. The second-order valence-electron chi connectivity index (χ2n) is 11.5. The second-order valence-corrected chi connectivity index (χ2v) is 13.0. The normalized spacial score (nSPS) is 17.2. The Kier molecular flexibility index (Phi) is 11.7. The van der Waals surface area contributed by atoms with Crippen LogP contribution in [0, 0.1) is 6.92 Å². The molecule has 0 spiro atoms. The minimum Gasteiger partial charge on any atom is -0.493 e. The second kappa shape index (κ2) is 15.7. The van der Waals surface area contributed by atoms with Crippen LogP contribution in [-0.4, -0.2) is 83.3 Å². The molecule has 3 aromatic rings. The summed E-state index contributed by atoms with van der Waals surface area (Å²) in [5.74, 6) is 1.02. The van der Waals surface area contributed by atoms with Crippen molar-refractivity contribution in [2.45, 2.75) is 50.3 Å². The number of rotatable bonds is 14. The molecule has 1 fully saturated rings. The fraction of sp³-hybridized carbons (Fsp3) is 0.382. The molecule has 0 saturated carbocycles. The van der Waals surface area contributed by atoms with Crippen molar-refractivity contribution >= 4 is 30.1 Å². The lowest BCUT2D eigenvalue weighted by molar-refractivity contribution is -0.140. The average molecular weight is 635 g/mol. The van der Waals surface area contributed by atoms with Crippen LogP contribution in [0.1, 0.15) is 29.2 Å². The van der Waals surface area contributed by atoms with Crippen molar-refractivity contribution in [2.24, 2.45) is 0 Å². The lowest BCUT2D eigenvalue weighted by Crippen LogP contribution is -2.54. The fourth-order valence-corrected chi connectivity index (χ4v) is 6.58. The van der Waals surface area contributed by atoms with Gasteiger partial charge in [-0.2, -0.15) is 0 Å². The molecule has 3 N–H and O–H groups in total. The zero-order chi connectivity index (χ0) is 32.4. The summed E-state index contributed by atoms with van der Waals surface area (Å²) in [5.41, 5.74) is 3.84. The minimum atomic E-state index is -1.48. The predicted octanol–water partition coefficient (Wildman–Crippen LogP) is 3.73. The Morgan fingerprint density at radius 1 is 1.04 bits per heavy atom. The van der Waals surface area contributed by atoms with Crippen molar-refractivity contribution < 1.29 is 29.0 Å². The van der Waals surface area contributed by atoms with E-state index in [1.807, 2.05) is 74.5 Å². The molecule has 45 heavy (non-hydrogen) atoms. The highest BCUT2D eigenvalue weighted by Gasteiger charge is 2.41. The molecule has 10 nitrogen and oxygen atoms in total. The third-order valence-corrected chi connectivity index (χ3v) is 9.27. The van der Waals surface area contributed by atoms with Gasteiger partial charge >= 0.3 is 6.03 Å². The number of carbonyl (C=O) groups is 3. The van der Waals surface area contributed by atoms with E-state index in [2.05, 4.69) is 10.6 Å². The minimum absolute atomic E-state index is 0.200. The number of carbonyl (C=O) groups excluding carboxylic acids is 3. The van der Waals surface area contributed by atoms with Gasteiger partial charge in [0, 0.05) is 26.2 Å². The molecule has 1 heterocycles. The molecule has 3 unspecified atom stereocenters. The quantitative estimate of drug-likeness (QED) is 0.231. The summed E-state index contributed by atoms with van der Waals surface area (Å²) < 4.78 is 10.2. The Morgan fingerprint density at radius 2 is 1.76 bits per heavy atom. The number of ether oxygens (including phenoxy) is 2. The molecule has 11 heteroatoms. The van der Waals surface area contributed by atoms with Crippen LogP contribution in [-0.2, 0) is 29.1 Å². The number of thioether (sulfide) groups is 1. The van der Waals surface area contributed by atoms with Gasteiger partial charge in [0.25, 0.3) is 5.91 Å². The molecule has 0 bridgehead atoms. The van der Waals surface area contributed by atoms with Crippen molar-refractivity contribution in [1.29, 1.82) is 0 Å². The molecule has 0 radical (unpaired) electrons.